The quantitative estimate of drug-likeness (QED) is 0.914. The molecule has 0 radical (unpaired) electrons. The first-order valence-electron chi connectivity index (χ1n) is 6.55. The van der Waals surface area contributed by atoms with Gasteiger partial charge in [-0.3, -0.25) is 4.79 Å². The molecule has 1 aromatic rings. The number of carbonyl (C=O) groups excluding carboxylic acids is 1. The number of halogens is 1. The number of aliphatic hydroxyl groups is 1. The minimum Gasteiger partial charge on any atom is -0.479 e. The molecule has 1 atom stereocenters. The second-order valence-electron chi connectivity index (χ2n) is 4.58. The molecule has 110 valence electrons. The van der Waals surface area contributed by atoms with Gasteiger partial charge in [0.25, 0.3) is 5.91 Å². The van der Waals surface area contributed by atoms with Gasteiger partial charge in [-0.1, -0.05) is 23.7 Å². The van der Waals surface area contributed by atoms with Crippen LogP contribution >= 0.6 is 11.6 Å². The highest BCUT2D eigenvalue weighted by molar-refractivity contribution is 6.32. The van der Waals surface area contributed by atoms with Crippen LogP contribution in [0.15, 0.2) is 18.2 Å². The lowest BCUT2D eigenvalue weighted by Crippen LogP contribution is -2.46. The molecule has 1 aliphatic rings. The summed E-state index contributed by atoms with van der Waals surface area (Å²) < 4.78 is 10.9. The summed E-state index contributed by atoms with van der Waals surface area (Å²) in [5.74, 6) is 0.267. The van der Waals surface area contributed by atoms with Crippen LogP contribution in [0.25, 0.3) is 0 Å². The molecule has 5 nitrogen and oxygen atoms in total. The molecule has 1 aromatic carbocycles. The zero-order valence-electron chi connectivity index (χ0n) is 11.3. The number of aliphatic hydroxyl groups excluding tert-OH is 1. The zero-order valence-corrected chi connectivity index (χ0v) is 12.1. The molecule has 1 saturated heterocycles. The fraction of sp³-hybridized carbons (Fsp3) is 0.500. The number of morpholine rings is 1. The molecule has 1 aliphatic heterocycles. The fourth-order valence-electron chi connectivity index (χ4n) is 2.08. The largest absolute Gasteiger partial charge is 0.479 e. The van der Waals surface area contributed by atoms with Crippen molar-refractivity contribution < 1.29 is 19.4 Å². The van der Waals surface area contributed by atoms with E-state index >= 15 is 0 Å². The second kappa shape index (κ2) is 6.92. The highest BCUT2D eigenvalue weighted by Crippen LogP contribution is 2.29. The number of ether oxygens (including phenoxy) is 2. The second-order valence-corrected chi connectivity index (χ2v) is 4.99. The molecule has 0 spiro atoms. The van der Waals surface area contributed by atoms with E-state index in [1.807, 2.05) is 0 Å². The molecule has 0 bridgehead atoms. The third kappa shape index (κ3) is 3.42. The maximum atomic E-state index is 12.3. The van der Waals surface area contributed by atoms with Gasteiger partial charge >= 0.3 is 0 Å². The maximum Gasteiger partial charge on any atom is 0.263 e. The van der Waals surface area contributed by atoms with Crippen LogP contribution in [0.5, 0.6) is 5.75 Å². The topological polar surface area (TPSA) is 59.0 Å². The highest BCUT2D eigenvalue weighted by atomic mass is 35.5. The molecular formula is C14H18ClNO4. The SMILES string of the molecule is CC(Oc1c(Cl)cccc1CO)C(=O)N1CCOCC1. The molecule has 20 heavy (non-hydrogen) atoms. The van der Waals surface area contributed by atoms with Crippen LogP contribution < -0.4 is 4.74 Å². The van der Waals surface area contributed by atoms with Gasteiger partial charge in [0.2, 0.25) is 0 Å². The summed E-state index contributed by atoms with van der Waals surface area (Å²) in [5.41, 5.74) is 0.569. The van der Waals surface area contributed by atoms with Gasteiger partial charge in [0.1, 0.15) is 5.75 Å². The minimum absolute atomic E-state index is 0.0999. The molecule has 2 rings (SSSR count). The standard InChI is InChI=1S/C14H18ClNO4/c1-10(14(18)16-5-7-19-8-6-16)20-13-11(9-17)3-2-4-12(13)15/h2-4,10,17H,5-9H2,1H3. The summed E-state index contributed by atoms with van der Waals surface area (Å²) in [6.45, 7) is 3.74. The van der Waals surface area contributed by atoms with Gasteiger partial charge < -0.3 is 19.5 Å². The van der Waals surface area contributed by atoms with E-state index in [1.54, 1.807) is 30.0 Å². The Balaban J connectivity index is 2.07. The molecule has 0 aromatic heterocycles. The van der Waals surface area contributed by atoms with Gasteiger partial charge in [0.05, 0.1) is 24.8 Å². The Morgan fingerprint density at radius 3 is 2.85 bits per heavy atom. The summed E-state index contributed by atoms with van der Waals surface area (Å²) >= 11 is 6.06. The van der Waals surface area contributed by atoms with Crippen molar-refractivity contribution >= 4 is 17.5 Å². The van der Waals surface area contributed by atoms with E-state index in [1.165, 1.54) is 0 Å². The van der Waals surface area contributed by atoms with Crippen LogP contribution in [0.3, 0.4) is 0 Å². The van der Waals surface area contributed by atoms with Crippen LogP contribution in [0, 0.1) is 0 Å². The van der Waals surface area contributed by atoms with Crippen molar-refractivity contribution in [2.75, 3.05) is 26.3 Å². The highest BCUT2D eigenvalue weighted by Gasteiger charge is 2.25. The number of hydrogen-bond donors (Lipinski definition) is 1. The number of rotatable bonds is 4. The van der Waals surface area contributed by atoms with Crippen molar-refractivity contribution in [1.82, 2.24) is 4.90 Å². The normalized spacial score (nSPS) is 16.9. The Labute approximate surface area is 123 Å². The molecule has 1 amide bonds. The summed E-state index contributed by atoms with van der Waals surface area (Å²) in [4.78, 5) is 14.0. The van der Waals surface area contributed by atoms with Crippen molar-refractivity contribution in [3.8, 4) is 5.75 Å². The summed E-state index contributed by atoms with van der Waals surface area (Å²) in [6, 6.07) is 5.12. The van der Waals surface area contributed by atoms with Crippen molar-refractivity contribution in [2.24, 2.45) is 0 Å². The molecule has 1 heterocycles. The molecule has 1 fully saturated rings. The third-order valence-electron chi connectivity index (χ3n) is 3.18. The van der Waals surface area contributed by atoms with Crippen LogP contribution in [-0.4, -0.2) is 48.3 Å². The molecule has 6 heteroatoms. The van der Waals surface area contributed by atoms with Gasteiger partial charge in [-0.2, -0.15) is 0 Å². The average Bonchev–Trinajstić information content (AvgIpc) is 2.49. The number of benzene rings is 1. The lowest BCUT2D eigenvalue weighted by molar-refractivity contribution is -0.142. The smallest absolute Gasteiger partial charge is 0.263 e. The Bertz CT molecular complexity index is 474. The van der Waals surface area contributed by atoms with Gasteiger partial charge in [0.15, 0.2) is 6.10 Å². The monoisotopic (exact) mass is 299 g/mol. The molecular weight excluding hydrogens is 282 g/mol. The molecule has 0 saturated carbocycles. The number of hydrogen-bond acceptors (Lipinski definition) is 4. The van der Waals surface area contributed by atoms with E-state index in [2.05, 4.69) is 0 Å². The molecule has 0 aliphatic carbocycles. The summed E-state index contributed by atoms with van der Waals surface area (Å²) in [7, 11) is 0. The maximum absolute atomic E-state index is 12.3. The van der Waals surface area contributed by atoms with E-state index in [9.17, 15) is 9.90 Å². The Morgan fingerprint density at radius 2 is 2.20 bits per heavy atom. The van der Waals surface area contributed by atoms with Gasteiger partial charge in [-0.25, -0.2) is 0 Å². The predicted molar refractivity (Wildman–Crippen MR) is 74.9 cm³/mol. The predicted octanol–water partition coefficient (Wildman–Crippen LogP) is 1.46. The number of carbonyl (C=O) groups is 1. The number of para-hydroxylation sites is 1. The van der Waals surface area contributed by atoms with Crippen LogP contribution in [0.4, 0.5) is 0 Å². The first-order chi connectivity index (χ1) is 9.63. The van der Waals surface area contributed by atoms with Crippen LogP contribution in [0.2, 0.25) is 5.02 Å². The van der Waals surface area contributed by atoms with E-state index in [4.69, 9.17) is 21.1 Å². The fourth-order valence-corrected chi connectivity index (χ4v) is 2.32. The Kier molecular flexibility index (Phi) is 5.23. The lowest BCUT2D eigenvalue weighted by Gasteiger charge is -2.29. The average molecular weight is 300 g/mol. The van der Waals surface area contributed by atoms with Gasteiger partial charge in [0, 0.05) is 18.7 Å². The van der Waals surface area contributed by atoms with Gasteiger partial charge in [-0.05, 0) is 13.0 Å². The molecule has 1 unspecified atom stereocenters. The lowest BCUT2D eigenvalue weighted by atomic mass is 10.2. The molecule has 1 N–H and O–H groups in total. The Hall–Kier alpha value is -1.30. The van der Waals surface area contributed by atoms with Crippen LogP contribution in [0.1, 0.15) is 12.5 Å². The Morgan fingerprint density at radius 1 is 1.50 bits per heavy atom. The third-order valence-corrected chi connectivity index (χ3v) is 3.48. The van der Waals surface area contributed by atoms with Crippen molar-refractivity contribution in [3.05, 3.63) is 28.8 Å². The van der Waals surface area contributed by atoms with E-state index in [-0.39, 0.29) is 12.5 Å². The first-order valence-corrected chi connectivity index (χ1v) is 6.92. The van der Waals surface area contributed by atoms with E-state index in [0.717, 1.165) is 0 Å². The van der Waals surface area contributed by atoms with Crippen molar-refractivity contribution in [1.29, 1.82) is 0 Å². The van der Waals surface area contributed by atoms with Crippen molar-refractivity contribution in [2.45, 2.75) is 19.6 Å². The van der Waals surface area contributed by atoms with Crippen LogP contribution in [-0.2, 0) is 16.1 Å². The summed E-state index contributed by atoms with van der Waals surface area (Å²) in [5, 5.41) is 9.68. The van der Waals surface area contributed by atoms with E-state index in [0.29, 0.717) is 42.6 Å². The number of nitrogens with zero attached hydrogens (tertiary/aromatic N) is 1. The minimum atomic E-state index is -0.654. The summed E-state index contributed by atoms with van der Waals surface area (Å²) in [6.07, 6.45) is -0.654. The number of amides is 1. The zero-order chi connectivity index (χ0) is 14.5. The van der Waals surface area contributed by atoms with Gasteiger partial charge in [-0.15, -0.1) is 0 Å². The van der Waals surface area contributed by atoms with E-state index < -0.39 is 6.10 Å². The van der Waals surface area contributed by atoms with Crippen molar-refractivity contribution in [3.63, 3.8) is 0 Å². The first kappa shape index (κ1) is 15.1.